The van der Waals surface area contributed by atoms with Crippen LogP contribution < -0.4 is 0 Å². The van der Waals surface area contributed by atoms with Gasteiger partial charge in [0.25, 0.3) is 0 Å². The Hall–Kier alpha value is -2.40. The zero-order valence-electron chi connectivity index (χ0n) is 19.1. The molecule has 0 fully saturated rings. The molecular formula is C25H36N4O. The molecule has 1 heterocycles. The lowest BCUT2D eigenvalue weighted by atomic mass is 9.79. The fraction of sp³-hybridized carbons (Fsp3) is 0.520. The first-order chi connectivity index (χ1) is 14.4. The Morgan fingerprint density at radius 3 is 2.17 bits per heavy atom. The highest BCUT2D eigenvalue weighted by atomic mass is 16.3. The van der Waals surface area contributed by atoms with Gasteiger partial charge in [0, 0.05) is 12.1 Å². The van der Waals surface area contributed by atoms with Gasteiger partial charge in [-0.05, 0) is 48.7 Å². The van der Waals surface area contributed by atoms with Crippen LogP contribution in [0, 0.1) is 0 Å². The maximum atomic E-state index is 11.2. The smallest absolute Gasteiger partial charge is 0.147 e. The van der Waals surface area contributed by atoms with Crippen molar-refractivity contribution in [2.45, 2.75) is 72.3 Å². The molecule has 0 radical (unpaired) electrons. The molecule has 0 atom stereocenters. The van der Waals surface area contributed by atoms with Gasteiger partial charge >= 0.3 is 0 Å². The zero-order valence-corrected chi connectivity index (χ0v) is 19.1. The second kappa shape index (κ2) is 9.61. The maximum absolute atomic E-state index is 11.2. The summed E-state index contributed by atoms with van der Waals surface area (Å²) in [6.07, 6.45) is 4.78. The van der Waals surface area contributed by atoms with Crippen molar-refractivity contribution in [1.29, 1.82) is 0 Å². The van der Waals surface area contributed by atoms with Crippen LogP contribution in [-0.4, -0.2) is 38.1 Å². The lowest BCUT2D eigenvalue weighted by Crippen LogP contribution is -2.24. The predicted molar refractivity (Wildman–Crippen MR) is 124 cm³/mol. The van der Waals surface area contributed by atoms with E-state index in [0.717, 1.165) is 36.1 Å². The van der Waals surface area contributed by atoms with Crippen LogP contribution in [0.15, 0.2) is 36.4 Å². The molecule has 2 aromatic carbocycles. The first kappa shape index (κ1) is 22.3. The first-order valence-corrected chi connectivity index (χ1v) is 11.3. The van der Waals surface area contributed by atoms with Crippen LogP contribution >= 0.6 is 0 Å². The number of phenols is 1. The van der Waals surface area contributed by atoms with Crippen molar-refractivity contribution in [3.63, 3.8) is 0 Å². The second-order valence-corrected chi connectivity index (χ2v) is 8.78. The summed E-state index contributed by atoms with van der Waals surface area (Å²) in [5.41, 5.74) is 4.51. The third kappa shape index (κ3) is 4.84. The van der Waals surface area contributed by atoms with Crippen molar-refractivity contribution in [2.24, 2.45) is 0 Å². The van der Waals surface area contributed by atoms with E-state index in [2.05, 4.69) is 61.8 Å². The van der Waals surface area contributed by atoms with E-state index in [4.69, 9.17) is 0 Å². The van der Waals surface area contributed by atoms with Crippen molar-refractivity contribution in [3.05, 3.63) is 47.5 Å². The number of fused-ring (bicyclic) bond motifs is 1. The lowest BCUT2D eigenvalue weighted by Gasteiger charge is -2.28. The van der Waals surface area contributed by atoms with Gasteiger partial charge in [-0.25, -0.2) is 0 Å². The zero-order chi connectivity index (χ0) is 21.7. The number of unbranched alkanes of at least 4 members (excludes halogenated alkanes) is 2. The molecule has 0 saturated carbocycles. The van der Waals surface area contributed by atoms with E-state index in [-0.39, 0.29) is 11.2 Å². The summed E-state index contributed by atoms with van der Waals surface area (Å²) in [6, 6.07) is 12.1. The molecule has 0 aliphatic heterocycles. The molecule has 0 aliphatic rings. The van der Waals surface area contributed by atoms with E-state index in [0.29, 0.717) is 12.2 Å². The minimum absolute atomic E-state index is 0.0161. The van der Waals surface area contributed by atoms with Crippen molar-refractivity contribution in [3.8, 4) is 11.4 Å². The molecule has 1 aromatic heterocycles. The first-order valence-electron chi connectivity index (χ1n) is 11.3. The average Bonchev–Trinajstić information content (AvgIpc) is 3.17. The van der Waals surface area contributed by atoms with Crippen molar-refractivity contribution in [2.75, 3.05) is 13.1 Å². The van der Waals surface area contributed by atoms with Gasteiger partial charge in [-0.3, -0.25) is 4.90 Å². The highest BCUT2D eigenvalue weighted by Crippen LogP contribution is 2.36. The summed E-state index contributed by atoms with van der Waals surface area (Å²) in [5.74, 6) is 0.273. The monoisotopic (exact) mass is 408 g/mol. The lowest BCUT2D eigenvalue weighted by molar-refractivity contribution is 0.290. The molecular weight excluding hydrogens is 372 g/mol. The van der Waals surface area contributed by atoms with E-state index in [9.17, 15) is 5.11 Å². The third-order valence-electron chi connectivity index (χ3n) is 6.15. The molecule has 0 spiro atoms. The van der Waals surface area contributed by atoms with E-state index in [1.165, 1.54) is 24.8 Å². The van der Waals surface area contributed by atoms with Crippen LogP contribution in [0.3, 0.4) is 0 Å². The molecule has 5 nitrogen and oxygen atoms in total. The summed E-state index contributed by atoms with van der Waals surface area (Å²) in [4.78, 5) is 3.91. The fourth-order valence-electron chi connectivity index (χ4n) is 3.96. The Bertz CT molecular complexity index is 939. The van der Waals surface area contributed by atoms with Gasteiger partial charge in [0.1, 0.15) is 22.5 Å². The molecule has 0 aliphatic carbocycles. The van der Waals surface area contributed by atoms with E-state index < -0.39 is 0 Å². The number of aromatic hydroxyl groups is 1. The minimum atomic E-state index is 0.0161. The molecule has 0 unspecified atom stereocenters. The summed E-state index contributed by atoms with van der Waals surface area (Å²) in [6.45, 7) is 13.7. The summed E-state index contributed by atoms with van der Waals surface area (Å²) in [5, 5.41) is 20.5. The van der Waals surface area contributed by atoms with Gasteiger partial charge in [-0.15, -0.1) is 15.0 Å². The predicted octanol–water partition coefficient (Wildman–Crippen LogP) is 5.83. The highest BCUT2D eigenvalue weighted by molar-refractivity contribution is 5.73. The standard InChI is InChI=1S/C25H36N4O/c1-6-9-12-15-25(4,5)20-16-19(18-28(7-2)8-3)24(30)23(17-20)29-26-21-13-10-11-14-22(21)27-29/h10-11,13-14,16-17,30H,6-9,12,15,18H2,1-5H3. The van der Waals surface area contributed by atoms with Gasteiger partial charge in [-0.1, -0.05) is 72.1 Å². The molecule has 5 heteroatoms. The molecule has 3 rings (SSSR count). The van der Waals surface area contributed by atoms with Crippen LogP contribution in [0.4, 0.5) is 0 Å². The van der Waals surface area contributed by atoms with Crippen LogP contribution in [0.25, 0.3) is 16.7 Å². The second-order valence-electron chi connectivity index (χ2n) is 8.78. The number of hydrogen-bond acceptors (Lipinski definition) is 4. The molecule has 0 amide bonds. The van der Waals surface area contributed by atoms with Gasteiger partial charge in [0.15, 0.2) is 0 Å². The van der Waals surface area contributed by atoms with Crippen molar-refractivity contribution in [1.82, 2.24) is 19.9 Å². The minimum Gasteiger partial charge on any atom is -0.505 e. The van der Waals surface area contributed by atoms with Gasteiger partial charge in [-0.2, -0.15) is 0 Å². The topological polar surface area (TPSA) is 54.2 Å². The van der Waals surface area contributed by atoms with Crippen LogP contribution in [0.5, 0.6) is 5.75 Å². The summed E-state index contributed by atoms with van der Waals surface area (Å²) >= 11 is 0. The number of benzene rings is 2. The highest BCUT2D eigenvalue weighted by Gasteiger charge is 2.25. The van der Waals surface area contributed by atoms with Gasteiger partial charge in [0.05, 0.1) is 0 Å². The molecule has 0 saturated heterocycles. The molecule has 30 heavy (non-hydrogen) atoms. The SMILES string of the molecule is CCCCCC(C)(C)c1cc(CN(CC)CC)c(O)c(-n2nc3ccccc3n2)c1. The molecule has 1 N–H and O–H groups in total. The summed E-state index contributed by atoms with van der Waals surface area (Å²) in [7, 11) is 0. The quantitative estimate of drug-likeness (QED) is 0.429. The summed E-state index contributed by atoms with van der Waals surface area (Å²) < 4.78 is 0. The number of hydrogen-bond donors (Lipinski definition) is 1. The fourth-order valence-corrected chi connectivity index (χ4v) is 3.96. The van der Waals surface area contributed by atoms with Crippen molar-refractivity contribution >= 4 is 11.0 Å². The Labute approximate surface area is 180 Å². The number of rotatable bonds is 10. The third-order valence-corrected chi connectivity index (χ3v) is 6.15. The van der Waals surface area contributed by atoms with Crippen LogP contribution in [0.2, 0.25) is 0 Å². The maximum Gasteiger partial charge on any atom is 0.147 e. The van der Waals surface area contributed by atoms with Crippen molar-refractivity contribution < 1.29 is 5.11 Å². The molecule has 0 bridgehead atoms. The molecule has 162 valence electrons. The Balaban J connectivity index is 2.09. The van der Waals surface area contributed by atoms with E-state index in [1.54, 1.807) is 4.80 Å². The largest absolute Gasteiger partial charge is 0.505 e. The van der Waals surface area contributed by atoms with Gasteiger partial charge in [0.2, 0.25) is 0 Å². The van der Waals surface area contributed by atoms with E-state index >= 15 is 0 Å². The van der Waals surface area contributed by atoms with E-state index in [1.807, 2.05) is 24.3 Å². The molecule has 3 aromatic rings. The Kier molecular flexibility index (Phi) is 7.14. The van der Waals surface area contributed by atoms with Gasteiger partial charge < -0.3 is 5.11 Å². The number of phenolic OH excluding ortho intramolecular Hbond substituents is 1. The Morgan fingerprint density at radius 1 is 0.967 bits per heavy atom. The van der Waals surface area contributed by atoms with Crippen LogP contribution in [0.1, 0.15) is 71.4 Å². The number of nitrogens with zero attached hydrogens (tertiary/aromatic N) is 4. The van der Waals surface area contributed by atoms with Crippen LogP contribution in [-0.2, 0) is 12.0 Å². The average molecular weight is 409 g/mol. The number of aromatic nitrogens is 3. The Morgan fingerprint density at radius 2 is 1.60 bits per heavy atom. The normalized spacial score (nSPS) is 12.2.